The maximum Gasteiger partial charge on any atom is 0.306 e. The van der Waals surface area contributed by atoms with Crippen molar-refractivity contribution in [3.63, 3.8) is 0 Å². The molecule has 0 aliphatic carbocycles. The van der Waals surface area contributed by atoms with Crippen LogP contribution >= 0.6 is 0 Å². The first-order valence-electron chi connectivity index (χ1n) is 4.76. The minimum Gasteiger partial charge on any atom is -0.481 e. The highest BCUT2D eigenvalue weighted by atomic mass is 16.4. The molecule has 0 amide bonds. The summed E-state index contributed by atoms with van der Waals surface area (Å²) in [5.74, 6) is -0.891. The molecule has 72 valence electrons. The van der Waals surface area contributed by atoms with Crippen LogP contribution < -0.4 is 0 Å². The van der Waals surface area contributed by atoms with Gasteiger partial charge in [-0.15, -0.1) is 0 Å². The predicted octanol–water partition coefficient (Wildman–Crippen LogP) is 2.92. The van der Waals surface area contributed by atoms with E-state index in [4.69, 9.17) is 5.11 Å². The van der Waals surface area contributed by atoms with E-state index in [1.165, 1.54) is 0 Å². The van der Waals surface area contributed by atoms with Gasteiger partial charge in [0.15, 0.2) is 0 Å². The number of carboxylic acid groups (broad SMARTS) is 1. The van der Waals surface area contributed by atoms with Gasteiger partial charge in [0, 0.05) is 0 Å². The molecule has 12 heavy (non-hydrogen) atoms. The molecule has 2 nitrogen and oxygen atoms in total. The third-order valence-corrected chi connectivity index (χ3v) is 3.40. The molecule has 0 aromatic heterocycles. The molecule has 0 rings (SSSR count). The summed E-state index contributed by atoms with van der Waals surface area (Å²) in [4.78, 5) is 10.8. The highest BCUT2D eigenvalue weighted by Crippen LogP contribution is 2.38. The van der Waals surface area contributed by atoms with Crippen LogP contribution in [0.4, 0.5) is 0 Å². The zero-order chi connectivity index (χ0) is 9.78. The highest BCUT2D eigenvalue weighted by molar-refractivity contribution is 5.70. The summed E-state index contributed by atoms with van der Waals surface area (Å²) in [5.41, 5.74) is 0.00579. The van der Waals surface area contributed by atoms with Crippen LogP contribution in [0.1, 0.15) is 47.0 Å². The zero-order valence-electron chi connectivity index (χ0n) is 8.55. The molecule has 0 aromatic carbocycles. The Balaban J connectivity index is 4.58. The molecule has 0 spiro atoms. The van der Waals surface area contributed by atoms with Crippen LogP contribution in [0.5, 0.6) is 0 Å². The number of carboxylic acids is 1. The van der Waals surface area contributed by atoms with E-state index >= 15 is 0 Å². The van der Waals surface area contributed by atoms with E-state index in [2.05, 4.69) is 20.8 Å². The van der Waals surface area contributed by atoms with Crippen LogP contribution in [0.25, 0.3) is 0 Å². The van der Waals surface area contributed by atoms with E-state index in [9.17, 15) is 4.79 Å². The van der Waals surface area contributed by atoms with Gasteiger partial charge in [0.05, 0.1) is 5.92 Å². The van der Waals surface area contributed by atoms with Crippen molar-refractivity contribution in [1.29, 1.82) is 0 Å². The van der Waals surface area contributed by atoms with Gasteiger partial charge in [0.25, 0.3) is 0 Å². The summed E-state index contributed by atoms with van der Waals surface area (Å²) in [6.07, 6.45) is 2.86. The Labute approximate surface area is 75.0 Å². The molecule has 1 unspecified atom stereocenters. The van der Waals surface area contributed by atoms with E-state index in [0.717, 1.165) is 19.3 Å². The summed E-state index contributed by atoms with van der Waals surface area (Å²) in [7, 11) is 0. The van der Waals surface area contributed by atoms with Gasteiger partial charge in [0.1, 0.15) is 0 Å². The summed E-state index contributed by atoms with van der Waals surface area (Å²) < 4.78 is 0. The third-order valence-electron chi connectivity index (χ3n) is 3.40. The second-order valence-electron chi connectivity index (χ2n) is 3.48. The van der Waals surface area contributed by atoms with Crippen molar-refractivity contribution in [2.45, 2.75) is 47.0 Å². The van der Waals surface area contributed by atoms with Crippen molar-refractivity contribution in [3.8, 4) is 0 Å². The lowest BCUT2D eigenvalue weighted by Crippen LogP contribution is -2.32. The van der Waals surface area contributed by atoms with E-state index in [1.54, 1.807) is 0 Å². The highest BCUT2D eigenvalue weighted by Gasteiger charge is 2.35. The van der Waals surface area contributed by atoms with Crippen LogP contribution in [0.3, 0.4) is 0 Å². The predicted molar refractivity (Wildman–Crippen MR) is 50.1 cm³/mol. The number of carbonyl (C=O) groups is 1. The molecular formula is C10H20O2. The van der Waals surface area contributed by atoms with E-state index < -0.39 is 5.97 Å². The van der Waals surface area contributed by atoms with Crippen molar-refractivity contribution in [2.24, 2.45) is 11.3 Å². The van der Waals surface area contributed by atoms with Crippen molar-refractivity contribution in [3.05, 3.63) is 0 Å². The minimum absolute atomic E-state index is 0.00579. The Bertz CT molecular complexity index is 140. The summed E-state index contributed by atoms with van der Waals surface area (Å²) in [6.45, 7) is 8.05. The van der Waals surface area contributed by atoms with Crippen molar-refractivity contribution in [1.82, 2.24) is 0 Å². The summed E-state index contributed by atoms with van der Waals surface area (Å²) in [5, 5.41) is 8.91. The largest absolute Gasteiger partial charge is 0.481 e. The molecule has 0 saturated heterocycles. The van der Waals surface area contributed by atoms with Gasteiger partial charge in [-0.2, -0.15) is 0 Å². The van der Waals surface area contributed by atoms with Gasteiger partial charge >= 0.3 is 5.97 Å². The molecule has 1 N–H and O–H groups in total. The fourth-order valence-electron chi connectivity index (χ4n) is 1.93. The Morgan fingerprint density at radius 2 is 1.58 bits per heavy atom. The van der Waals surface area contributed by atoms with Crippen molar-refractivity contribution in [2.75, 3.05) is 0 Å². The number of hydrogen-bond acceptors (Lipinski definition) is 1. The van der Waals surface area contributed by atoms with Crippen LogP contribution in [-0.2, 0) is 4.79 Å². The average molecular weight is 172 g/mol. The molecule has 0 aliphatic heterocycles. The molecule has 0 aliphatic rings. The average Bonchev–Trinajstić information content (AvgIpc) is 2.08. The van der Waals surface area contributed by atoms with Crippen LogP contribution in [0.15, 0.2) is 0 Å². The van der Waals surface area contributed by atoms with Crippen LogP contribution in [-0.4, -0.2) is 11.1 Å². The lowest BCUT2D eigenvalue weighted by Gasteiger charge is -2.34. The van der Waals surface area contributed by atoms with E-state index in [0.29, 0.717) is 0 Å². The second kappa shape index (κ2) is 4.48. The van der Waals surface area contributed by atoms with Gasteiger partial charge in [-0.25, -0.2) is 0 Å². The van der Waals surface area contributed by atoms with Gasteiger partial charge in [0.2, 0.25) is 0 Å². The monoisotopic (exact) mass is 172 g/mol. The standard InChI is InChI=1S/C10H20O2/c1-5-10(6-2,7-3)8(4)9(11)12/h8H,5-7H2,1-4H3,(H,11,12). The van der Waals surface area contributed by atoms with Crippen LogP contribution in [0, 0.1) is 11.3 Å². The maximum absolute atomic E-state index is 10.8. The van der Waals surface area contributed by atoms with Gasteiger partial charge in [-0.3, -0.25) is 4.79 Å². The molecular weight excluding hydrogens is 152 g/mol. The van der Waals surface area contributed by atoms with E-state index in [-0.39, 0.29) is 11.3 Å². The molecule has 1 atom stereocenters. The first-order valence-corrected chi connectivity index (χ1v) is 4.76. The third kappa shape index (κ3) is 1.99. The first kappa shape index (κ1) is 11.5. The fraction of sp³-hybridized carbons (Fsp3) is 0.900. The molecule has 0 radical (unpaired) electrons. The van der Waals surface area contributed by atoms with Gasteiger partial charge in [-0.05, 0) is 24.7 Å². The summed E-state index contributed by atoms with van der Waals surface area (Å²) >= 11 is 0. The Morgan fingerprint density at radius 3 is 1.67 bits per heavy atom. The summed E-state index contributed by atoms with van der Waals surface area (Å²) in [6, 6.07) is 0. The topological polar surface area (TPSA) is 37.3 Å². The lowest BCUT2D eigenvalue weighted by atomic mass is 9.70. The Morgan fingerprint density at radius 1 is 1.25 bits per heavy atom. The molecule has 0 fully saturated rings. The molecule has 0 aromatic rings. The normalized spacial score (nSPS) is 14.3. The minimum atomic E-state index is -0.666. The number of rotatable bonds is 5. The number of aliphatic carboxylic acids is 1. The fourth-order valence-corrected chi connectivity index (χ4v) is 1.93. The lowest BCUT2D eigenvalue weighted by molar-refractivity contribution is -0.146. The quantitative estimate of drug-likeness (QED) is 0.692. The number of hydrogen-bond donors (Lipinski definition) is 1. The van der Waals surface area contributed by atoms with Gasteiger partial charge in [-0.1, -0.05) is 27.7 Å². The molecule has 0 heterocycles. The molecule has 0 saturated carbocycles. The van der Waals surface area contributed by atoms with E-state index in [1.807, 2.05) is 6.92 Å². The SMILES string of the molecule is CCC(CC)(CC)C(C)C(=O)O. The van der Waals surface area contributed by atoms with Gasteiger partial charge < -0.3 is 5.11 Å². The Kier molecular flexibility index (Phi) is 4.29. The molecule has 0 bridgehead atoms. The Hall–Kier alpha value is -0.530. The second-order valence-corrected chi connectivity index (χ2v) is 3.48. The smallest absolute Gasteiger partial charge is 0.306 e. The zero-order valence-corrected chi connectivity index (χ0v) is 8.55. The van der Waals surface area contributed by atoms with Crippen LogP contribution in [0.2, 0.25) is 0 Å². The maximum atomic E-state index is 10.8. The molecule has 2 heteroatoms. The first-order chi connectivity index (χ1) is 5.54. The van der Waals surface area contributed by atoms with Crippen molar-refractivity contribution < 1.29 is 9.90 Å². The van der Waals surface area contributed by atoms with Crippen molar-refractivity contribution >= 4 is 5.97 Å².